The second-order valence-corrected chi connectivity index (χ2v) is 8.23. The topological polar surface area (TPSA) is 104 Å². The maximum Gasteiger partial charge on any atom is 0.293 e. The highest BCUT2D eigenvalue weighted by Gasteiger charge is 2.93. The Kier molecular flexibility index (Phi) is 5.82. The fourth-order valence-electron chi connectivity index (χ4n) is 4.25. The molecule has 148 valence electrons. The van der Waals surface area contributed by atoms with E-state index in [-0.39, 0.29) is 5.84 Å². The highest BCUT2D eigenvalue weighted by Crippen LogP contribution is 2.82. The molecule has 3 rings (SSSR count). The van der Waals surface area contributed by atoms with Gasteiger partial charge in [0, 0.05) is 10.4 Å². The van der Waals surface area contributed by atoms with Gasteiger partial charge in [0.05, 0.1) is 25.4 Å². The lowest BCUT2D eigenvalue weighted by atomic mass is 9.93. The van der Waals surface area contributed by atoms with Crippen molar-refractivity contribution in [3.05, 3.63) is 34.3 Å². The normalized spacial score (nSPS) is 29.5. The number of halogens is 1. The number of rotatable bonds is 9. The largest absolute Gasteiger partial charge is 0.386 e. The molecule has 28 heavy (non-hydrogen) atoms. The average Bonchev–Trinajstić information content (AvgIpc) is 3.27. The van der Waals surface area contributed by atoms with Crippen LogP contribution in [-0.4, -0.2) is 25.0 Å². The number of hydrogen-bond donors (Lipinski definition) is 1. The number of amidine groups is 1. The molecule has 0 radical (unpaired) electrons. The van der Waals surface area contributed by atoms with Crippen LogP contribution in [0.1, 0.15) is 51.0 Å². The molecule has 3 unspecified atom stereocenters. The molecule has 1 aromatic carbocycles. The highest BCUT2D eigenvalue weighted by atomic mass is 79.9. The summed E-state index contributed by atoms with van der Waals surface area (Å²) in [4.78, 5) is 4.47. The molecule has 3 atom stereocenters. The Hall–Kier alpha value is -1.93. The molecule has 0 spiro atoms. The van der Waals surface area contributed by atoms with Gasteiger partial charge in [0.15, 0.2) is 5.41 Å². The first-order valence-electron chi connectivity index (χ1n) is 9.71. The Morgan fingerprint density at radius 1 is 1.14 bits per heavy atom. The van der Waals surface area contributed by atoms with Crippen molar-refractivity contribution in [2.75, 3.05) is 13.2 Å². The van der Waals surface area contributed by atoms with E-state index >= 15 is 0 Å². The van der Waals surface area contributed by atoms with Gasteiger partial charge in [0.1, 0.15) is 11.3 Å². The summed E-state index contributed by atoms with van der Waals surface area (Å²) in [5, 5.41) is 20.5. The van der Waals surface area contributed by atoms with Gasteiger partial charge in [-0.1, -0.05) is 54.8 Å². The zero-order chi connectivity index (χ0) is 20.4. The zero-order valence-corrected chi connectivity index (χ0v) is 17.8. The van der Waals surface area contributed by atoms with Gasteiger partial charge in [-0.3, -0.25) is 0 Å². The molecule has 1 aliphatic carbocycles. The van der Waals surface area contributed by atoms with E-state index in [0.29, 0.717) is 13.2 Å². The Bertz CT molecular complexity index is 849. The van der Waals surface area contributed by atoms with Crippen LogP contribution >= 0.6 is 15.9 Å². The van der Waals surface area contributed by atoms with Crippen LogP contribution in [0.2, 0.25) is 0 Å². The van der Waals surface area contributed by atoms with Crippen LogP contribution in [0.15, 0.2) is 33.7 Å². The minimum absolute atomic E-state index is 0.120. The van der Waals surface area contributed by atoms with Crippen molar-refractivity contribution in [1.29, 1.82) is 10.5 Å². The van der Waals surface area contributed by atoms with Crippen LogP contribution in [0, 0.1) is 33.5 Å². The second kappa shape index (κ2) is 7.83. The smallest absolute Gasteiger partial charge is 0.293 e. The summed E-state index contributed by atoms with van der Waals surface area (Å²) in [6.07, 6.45) is 3.47. The van der Waals surface area contributed by atoms with E-state index in [1.54, 1.807) is 0 Å². The Morgan fingerprint density at radius 3 is 2.29 bits per heavy atom. The third-order valence-electron chi connectivity index (χ3n) is 5.70. The third-order valence-corrected chi connectivity index (χ3v) is 6.19. The minimum atomic E-state index is -1.56. The lowest BCUT2D eigenvalue weighted by Gasteiger charge is -2.32. The Labute approximate surface area is 174 Å². The summed E-state index contributed by atoms with van der Waals surface area (Å²) in [7, 11) is 0. The molecule has 6 nitrogen and oxygen atoms in total. The molecule has 0 bridgehead atoms. The minimum Gasteiger partial charge on any atom is -0.386 e. The van der Waals surface area contributed by atoms with Gasteiger partial charge in [-0.05, 0) is 30.5 Å². The molecule has 2 N–H and O–H groups in total. The van der Waals surface area contributed by atoms with Gasteiger partial charge in [0.2, 0.25) is 0 Å². The molecule has 1 heterocycles. The predicted molar refractivity (Wildman–Crippen MR) is 109 cm³/mol. The number of fused-ring (bicyclic) bond motifs is 1. The fraction of sp³-hybridized carbons (Fsp3) is 0.571. The number of hydrogen-bond acceptors (Lipinski definition) is 6. The highest BCUT2D eigenvalue weighted by molar-refractivity contribution is 9.10. The number of ether oxygens (including phenoxy) is 2. The van der Waals surface area contributed by atoms with E-state index in [9.17, 15) is 10.5 Å². The van der Waals surface area contributed by atoms with Gasteiger partial charge in [0.25, 0.3) is 5.91 Å². The monoisotopic (exact) mass is 444 g/mol. The van der Waals surface area contributed by atoms with Crippen LogP contribution in [0.3, 0.4) is 0 Å². The lowest BCUT2D eigenvalue weighted by molar-refractivity contribution is -0.260. The number of nitriles is 2. The van der Waals surface area contributed by atoms with Gasteiger partial charge in [-0.25, -0.2) is 4.99 Å². The van der Waals surface area contributed by atoms with Gasteiger partial charge < -0.3 is 15.2 Å². The standard InChI is InChI=1S/C21H25BrN4O2/c1-3-5-10-27-21(28-11-6-4-2)20(14-24)17(15-8-7-9-16(22)12-15)19(20,13-23)18(25)26-21/h7-9,12,17H,3-6,10-11H2,1-2H3,(H2,25,26). The maximum absolute atomic E-state index is 10.3. The van der Waals surface area contributed by atoms with Crippen molar-refractivity contribution < 1.29 is 9.47 Å². The molecule has 0 saturated heterocycles. The molecule has 2 aliphatic rings. The Morgan fingerprint density at radius 2 is 1.79 bits per heavy atom. The van der Waals surface area contributed by atoms with Crippen molar-refractivity contribution in [1.82, 2.24) is 0 Å². The van der Waals surface area contributed by atoms with Gasteiger partial charge >= 0.3 is 0 Å². The number of unbranched alkanes of at least 4 members (excludes halogenated alkanes) is 2. The van der Waals surface area contributed by atoms with Crippen LogP contribution in [-0.2, 0) is 9.47 Å². The first kappa shape index (κ1) is 20.8. The molecule has 1 saturated carbocycles. The van der Waals surface area contributed by atoms with Crippen LogP contribution in [0.5, 0.6) is 0 Å². The average molecular weight is 445 g/mol. The van der Waals surface area contributed by atoms with Crippen LogP contribution in [0.25, 0.3) is 0 Å². The first-order valence-corrected chi connectivity index (χ1v) is 10.5. The Balaban J connectivity index is 2.10. The zero-order valence-electron chi connectivity index (χ0n) is 16.2. The quantitative estimate of drug-likeness (QED) is 0.453. The van der Waals surface area contributed by atoms with Crippen LogP contribution in [0.4, 0.5) is 0 Å². The first-order chi connectivity index (χ1) is 13.5. The predicted octanol–water partition coefficient (Wildman–Crippen LogP) is 4.22. The summed E-state index contributed by atoms with van der Waals surface area (Å²) in [5.41, 5.74) is 4.57. The summed E-state index contributed by atoms with van der Waals surface area (Å²) in [6.45, 7) is 4.88. The van der Waals surface area contributed by atoms with Crippen molar-refractivity contribution in [3.8, 4) is 12.1 Å². The van der Waals surface area contributed by atoms with E-state index in [4.69, 9.17) is 15.2 Å². The number of nitrogens with zero attached hydrogens (tertiary/aromatic N) is 3. The van der Waals surface area contributed by atoms with Crippen molar-refractivity contribution in [3.63, 3.8) is 0 Å². The van der Waals surface area contributed by atoms with E-state index in [2.05, 4.69) is 46.9 Å². The number of nitrogens with two attached hydrogens (primary N) is 1. The molecule has 0 aromatic heterocycles. The molecule has 1 fully saturated rings. The summed E-state index contributed by atoms with van der Waals surface area (Å²) < 4.78 is 13.1. The number of benzene rings is 1. The van der Waals surface area contributed by atoms with Crippen molar-refractivity contribution in [2.24, 2.45) is 21.6 Å². The SMILES string of the molecule is CCCCOC1(OCCCC)N=C(N)C2(C#N)C(c3cccc(Br)c3)C12C#N. The molecule has 1 aliphatic heterocycles. The van der Waals surface area contributed by atoms with E-state index < -0.39 is 22.7 Å². The molecular weight excluding hydrogens is 420 g/mol. The van der Waals surface area contributed by atoms with E-state index in [1.807, 2.05) is 24.3 Å². The van der Waals surface area contributed by atoms with Crippen LogP contribution < -0.4 is 5.73 Å². The summed E-state index contributed by atoms with van der Waals surface area (Å²) in [6, 6.07) is 12.3. The fourth-order valence-corrected chi connectivity index (χ4v) is 4.67. The van der Waals surface area contributed by atoms with Gasteiger partial charge in [-0.2, -0.15) is 10.5 Å². The third kappa shape index (κ3) is 2.69. The van der Waals surface area contributed by atoms with E-state index in [0.717, 1.165) is 35.7 Å². The van der Waals surface area contributed by atoms with Crippen molar-refractivity contribution >= 4 is 21.8 Å². The number of aliphatic imine (C=N–C) groups is 1. The molecule has 0 amide bonds. The van der Waals surface area contributed by atoms with Crippen molar-refractivity contribution in [2.45, 2.75) is 51.4 Å². The lowest BCUT2D eigenvalue weighted by Crippen LogP contribution is -2.44. The van der Waals surface area contributed by atoms with Gasteiger partial charge in [-0.15, -0.1) is 0 Å². The maximum atomic E-state index is 10.3. The molecule has 1 aromatic rings. The second-order valence-electron chi connectivity index (χ2n) is 7.31. The van der Waals surface area contributed by atoms with E-state index in [1.165, 1.54) is 0 Å². The molecular formula is C21H25BrN4O2. The summed E-state index contributed by atoms with van der Waals surface area (Å²) >= 11 is 3.47. The molecule has 7 heteroatoms. The summed E-state index contributed by atoms with van der Waals surface area (Å²) in [5.74, 6) is -1.90.